The van der Waals surface area contributed by atoms with Gasteiger partial charge in [-0.15, -0.1) is 0 Å². The van der Waals surface area contributed by atoms with Crippen molar-refractivity contribution in [3.05, 3.63) is 23.8 Å². The fourth-order valence-electron chi connectivity index (χ4n) is 1.07. The summed E-state index contributed by atoms with van der Waals surface area (Å²) in [5.74, 6) is 1.19. The van der Waals surface area contributed by atoms with E-state index in [0.29, 0.717) is 5.92 Å². The molecule has 72 valence electrons. The molecule has 0 aliphatic rings. The van der Waals surface area contributed by atoms with Crippen molar-refractivity contribution in [2.24, 2.45) is 5.73 Å². The summed E-state index contributed by atoms with van der Waals surface area (Å²) >= 11 is 0. The highest BCUT2D eigenvalue weighted by atomic mass is 14.9. The molecule has 0 bridgehead atoms. The lowest BCUT2D eigenvalue weighted by atomic mass is 10.1. The van der Waals surface area contributed by atoms with Crippen LogP contribution >= 0.6 is 0 Å². The number of nitrogens with two attached hydrogens (primary N) is 1. The topological polar surface area (TPSA) is 51.8 Å². The molecule has 13 heavy (non-hydrogen) atoms. The molecule has 3 nitrogen and oxygen atoms in total. The lowest BCUT2D eigenvalue weighted by Gasteiger charge is -2.09. The minimum Gasteiger partial charge on any atom is -0.321 e. The van der Waals surface area contributed by atoms with Gasteiger partial charge in [0.25, 0.3) is 0 Å². The van der Waals surface area contributed by atoms with Crippen LogP contribution in [0.5, 0.6) is 0 Å². The van der Waals surface area contributed by atoms with E-state index in [9.17, 15) is 0 Å². The van der Waals surface area contributed by atoms with E-state index in [-0.39, 0.29) is 6.04 Å². The third kappa shape index (κ3) is 2.49. The molecule has 0 saturated carbocycles. The molecule has 0 aromatic carbocycles. The predicted octanol–water partition coefficient (Wildman–Crippen LogP) is 2.01. The summed E-state index contributed by atoms with van der Waals surface area (Å²) < 4.78 is 0. The first-order chi connectivity index (χ1) is 6.15. The van der Waals surface area contributed by atoms with Gasteiger partial charge in [0.05, 0.1) is 6.04 Å². The van der Waals surface area contributed by atoms with E-state index in [0.717, 1.165) is 17.9 Å². The molecule has 0 amide bonds. The first-order valence-electron chi connectivity index (χ1n) is 4.73. The van der Waals surface area contributed by atoms with Crippen LogP contribution < -0.4 is 5.73 Å². The highest BCUT2D eigenvalue weighted by Gasteiger charge is 2.08. The Morgan fingerprint density at radius 3 is 2.69 bits per heavy atom. The SMILES string of the molecule is CCC(N)c1nccc(C(C)C)n1. The van der Waals surface area contributed by atoms with Crippen LogP contribution in [0.25, 0.3) is 0 Å². The molecule has 0 spiro atoms. The first kappa shape index (κ1) is 10.1. The van der Waals surface area contributed by atoms with Crippen LogP contribution in [-0.4, -0.2) is 9.97 Å². The molecule has 1 heterocycles. The van der Waals surface area contributed by atoms with E-state index in [1.165, 1.54) is 0 Å². The summed E-state index contributed by atoms with van der Waals surface area (Å²) in [6, 6.07) is 1.91. The van der Waals surface area contributed by atoms with Gasteiger partial charge in [-0.25, -0.2) is 9.97 Å². The minimum absolute atomic E-state index is 0.0290. The zero-order valence-corrected chi connectivity index (χ0v) is 8.49. The number of rotatable bonds is 3. The van der Waals surface area contributed by atoms with E-state index in [4.69, 9.17) is 5.73 Å². The van der Waals surface area contributed by atoms with Gasteiger partial charge >= 0.3 is 0 Å². The predicted molar refractivity (Wildman–Crippen MR) is 53.3 cm³/mol. The molecule has 1 aromatic rings. The second-order valence-corrected chi connectivity index (χ2v) is 3.51. The van der Waals surface area contributed by atoms with Crippen LogP contribution in [-0.2, 0) is 0 Å². The monoisotopic (exact) mass is 179 g/mol. The van der Waals surface area contributed by atoms with Crippen LogP contribution in [0.15, 0.2) is 12.3 Å². The summed E-state index contributed by atoms with van der Waals surface area (Å²) in [6.07, 6.45) is 2.66. The van der Waals surface area contributed by atoms with Crippen LogP contribution in [0.2, 0.25) is 0 Å². The van der Waals surface area contributed by atoms with Gasteiger partial charge in [-0.3, -0.25) is 0 Å². The standard InChI is InChI=1S/C10H17N3/c1-4-8(11)10-12-6-5-9(13-10)7(2)3/h5-8H,4,11H2,1-3H3. The molecular formula is C10H17N3. The van der Waals surface area contributed by atoms with Crippen LogP contribution in [0.4, 0.5) is 0 Å². The Kier molecular flexibility index (Phi) is 3.37. The van der Waals surface area contributed by atoms with E-state index in [1.54, 1.807) is 6.20 Å². The maximum atomic E-state index is 5.84. The zero-order chi connectivity index (χ0) is 9.84. The third-order valence-electron chi connectivity index (χ3n) is 2.06. The van der Waals surface area contributed by atoms with Gasteiger partial charge < -0.3 is 5.73 Å². The van der Waals surface area contributed by atoms with Gasteiger partial charge in [0, 0.05) is 11.9 Å². The highest BCUT2D eigenvalue weighted by molar-refractivity contribution is 5.08. The number of hydrogen-bond acceptors (Lipinski definition) is 3. The molecule has 1 rings (SSSR count). The Morgan fingerprint density at radius 2 is 2.15 bits per heavy atom. The van der Waals surface area contributed by atoms with Gasteiger partial charge in [-0.1, -0.05) is 20.8 Å². The second-order valence-electron chi connectivity index (χ2n) is 3.51. The van der Waals surface area contributed by atoms with E-state index in [1.807, 2.05) is 13.0 Å². The van der Waals surface area contributed by atoms with Crippen molar-refractivity contribution < 1.29 is 0 Å². The quantitative estimate of drug-likeness (QED) is 0.772. The molecule has 1 atom stereocenters. The van der Waals surface area contributed by atoms with E-state index in [2.05, 4.69) is 23.8 Å². The smallest absolute Gasteiger partial charge is 0.145 e. The fourth-order valence-corrected chi connectivity index (χ4v) is 1.07. The Morgan fingerprint density at radius 1 is 1.46 bits per heavy atom. The second kappa shape index (κ2) is 4.33. The Hall–Kier alpha value is -0.960. The maximum Gasteiger partial charge on any atom is 0.145 e. The summed E-state index contributed by atoms with van der Waals surface area (Å²) in [5, 5.41) is 0. The summed E-state index contributed by atoms with van der Waals surface area (Å²) in [6.45, 7) is 6.27. The van der Waals surface area contributed by atoms with Gasteiger partial charge in [-0.2, -0.15) is 0 Å². The first-order valence-corrected chi connectivity index (χ1v) is 4.73. The summed E-state index contributed by atoms with van der Waals surface area (Å²) in [7, 11) is 0. The summed E-state index contributed by atoms with van der Waals surface area (Å²) in [4.78, 5) is 8.56. The van der Waals surface area contributed by atoms with Gasteiger partial charge in [0.15, 0.2) is 0 Å². The van der Waals surface area contributed by atoms with Crippen LogP contribution in [0.3, 0.4) is 0 Å². The van der Waals surface area contributed by atoms with E-state index < -0.39 is 0 Å². The molecular weight excluding hydrogens is 162 g/mol. The minimum atomic E-state index is -0.0290. The molecule has 1 aromatic heterocycles. The van der Waals surface area contributed by atoms with Crippen molar-refractivity contribution in [2.45, 2.75) is 39.2 Å². The lowest BCUT2D eigenvalue weighted by Crippen LogP contribution is -2.13. The van der Waals surface area contributed by atoms with Crippen LogP contribution in [0.1, 0.15) is 50.7 Å². The lowest BCUT2D eigenvalue weighted by molar-refractivity contribution is 0.636. The highest BCUT2D eigenvalue weighted by Crippen LogP contribution is 2.13. The molecule has 0 aliphatic carbocycles. The molecule has 3 heteroatoms. The average Bonchev–Trinajstić information content (AvgIpc) is 2.17. The number of hydrogen-bond donors (Lipinski definition) is 1. The van der Waals surface area contributed by atoms with Gasteiger partial charge in [-0.05, 0) is 18.4 Å². The Balaban J connectivity index is 2.91. The molecule has 0 saturated heterocycles. The third-order valence-corrected chi connectivity index (χ3v) is 2.06. The molecule has 0 aliphatic heterocycles. The van der Waals surface area contributed by atoms with Crippen molar-refractivity contribution in [1.82, 2.24) is 9.97 Å². The fraction of sp³-hybridized carbons (Fsp3) is 0.600. The molecule has 1 unspecified atom stereocenters. The van der Waals surface area contributed by atoms with Crippen molar-refractivity contribution in [3.63, 3.8) is 0 Å². The molecule has 0 radical (unpaired) electrons. The van der Waals surface area contributed by atoms with Crippen molar-refractivity contribution in [3.8, 4) is 0 Å². The van der Waals surface area contributed by atoms with Crippen molar-refractivity contribution in [1.29, 1.82) is 0 Å². The Bertz CT molecular complexity index is 271. The molecule has 2 N–H and O–H groups in total. The van der Waals surface area contributed by atoms with Gasteiger partial charge in [0.1, 0.15) is 5.82 Å². The normalized spacial score (nSPS) is 13.3. The van der Waals surface area contributed by atoms with Crippen LogP contribution in [0, 0.1) is 0 Å². The van der Waals surface area contributed by atoms with Gasteiger partial charge in [0.2, 0.25) is 0 Å². The van der Waals surface area contributed by atoms with E-state index >= 15 is 0 Å². The average molecular weight is 179 g/mol. The number of nitrogens with zero attached hydrogens (tertiary/aromatic N) is 2. The largest absolute Gasteiger partial charge is 0.321 e. The molecule has 0 fully saturated rings. The number of aromatic nitrogens is 2. The zero-order valence-electron chi connectivity index (χ0n) is 8.49. The van der Waals surface area contributed by atoms with Crippen molar-refractivity contribution in [2.75, 3.05) is 0 Å². The summed E-state index contributed by atoms with van der Waals surface area (Å²) in [5.41, 5.74) is 6.90. The van der Waals surface area contributed by atoms with Crippen molar-refractivity contribution >= 4 is 0 Å². The Labute approximate surface area is 79.4 Å². The maximum absolute atomic E-state index is 5.84.